The van der Waals surface area contributed by atoms with E-state index >= 15 is 0 Å². The predicted molar refractivity (Wildman–Crippen MR) is 126 cm³/mol. The second-order valence-electron chi connectivity index (χ2n) is 8.16. The number of carboxylic acids is 1. The Balaban J connectivity index is 1.90. The molecule has 1 amide bonds. The van der Waals surface area contributed by atoms with E-state index in [0.29, 0.717) is 23.2 Å². The van der Waals surface area contributed by atoms with Gasteiger partial charge < -0.3 is 14.7 Å². The summed E-state index contributed by atoms with van der Waals surface area (Å²) in [4.78, 5) is 25.4. The van der Waals surface area contributed by atoms with Crippen LogP contribution in [0.25, 0.3) is 11.1 Å². The predicted octanol–water partition coefficient (Wildman–Crippen LogP) is 6.47. The van der Waals surface area contributed by atoms with Crippen LogP contribution in [0.5, 0.6) is 0 Å². The van der Waals surface area contributed by atoms with Gasteiger partial charge in [0, 0.05) is 13.1 Å². The molecule has 3 aromatic rings. The Bertz CT molecular complexity index is 1190. The first kappa shape index (κ1) is 25.8. The zero-order valence-electron chi connectivity index (χ0n) is 19.4. The highest BCUT2D eigenvalue weighted by atomic mass is 19.4. The van der Waals surface area contributed by atoms with E-state index in [1.165, 1.54) is 17.0 Å². The number of benzene rings is 3. The van der Waals surface area contributed by atoms with Crippen LogP contribution in [0.3, 0.4) is 0 Å². The molecule has 0 saturated heterocycles. The van der Waals surface area contributed by atoms with Gasteiger partial charge in [-0.3, -0.25) is 4.79 Å². The molecule has 3 rings (SSSR count). The molecule has 8 heteroatoms. The standard InChI is InChI=1S/C27H26F3NO4/c1-3-31(26(34)35-17-19-7-5-4-6-8-19)16-22-13-18(2)9-11-23(22)20-10-12-24(27(28,29)30)21(14-20)15-25(32)33/h4-14H,3,15-17H2,1-2H3,(H,32,33). The van der Waals surface area contributed by atoms with Gasteiger partial charge >= 0.3 is 18.2 Å². The van der Waals surface area contributed by atoms with Crippen molar-refractivity contribution in [1.82, 2.24) is 4.90 Å². The number of carbonyl (C=O) groups is 2. The van der Waals surface area contributed by atoms with E-state index in [9.17, 15) is 22.8 Å². The van der Waals surface area contributed by atoms with Crippen molar-refractivity contribution in [3.63, 3.8) is 0 Å². The summed E-state index contributed by atoms with van der Waals surface area (Å²) in [6, 6.07) is 18.2. The van der Waals surface area contributed by atoms with Gasteiger partial charge in [0.1, 0.15) is 6.61 Å². The number of amides is 1. The van der Waals surface area contributed by atoms with Crippen LogP contribution in [0.4, 0.5) is 18.0 Å². The molecule has 5 nitrogen and oxygen atoms in total. The Kier molecular flexibility index (Phi) is 8.17. The van der Waals surface area contributed by atoms with E-state index in [4.69, 9.17) is 9.84 Å². The van der Waals surface area contributed by atoms with Crippen LogP contribution in [0.2, 0.25) is 0 Å². The van der Waals surface area contributed by atoms with Crippen molar-refractivity contribution in [2.75, 3.05) is 6.54 Å². The Morgan fingerprint density at radius 2 is 1.69 bits per heavy atom. The van der Waals surface area contributed by atoms with E-state index in [-0.39, 0.29) is 18.7 Å². The summed E-state index contributed by atoms with van der Waals surface area (Å²) in [7, 11) is 0. The van der Waals surface area contributed by atoms with E-state index < -0.39 is 30.2 Å². The molecule has 0 unspecified atom stereocenters. The summed E-state index contributed by atoms with van der Waals surface area (Å²) in [6.07, 6.45) is -5.93. The van der Waals surface area contributed by atoms with Gasteiger partial charge in [-0.05, 0) is 53.8 Å². The molecule has 0 heterocycles. The number of nitrogens with zero attached hydrogens (tertiary/aromatic N) is 1. The van der Waals surface area contributed by atoms with Gasteiger partial charge in [-0.1, -0.05) is 60.2 Å². The molecule has 184 valence electrons. The van der Waals surface area contributed by atoms with Crippen LogP contribution >= 0.6 is 0 Å². The minimum atomic E-state index is -4.67. The Hall–Kier alpha value is -3.81. The van der Waals surface area contributed by atoms with Gasteiger partial charge in [-0.25, -0.2) is 4.79 Å². The number of aryl methyl sites for hydroxylation is 1. The van der Waals surface area contributed by atoms with Crippen LogP contribution in [-0.4, -0.2) is 28.6 Å². The maximum absolute atomic E-state index is 13.4. The van der Waals surface area contributed by atoms with Crippen molar-refractivity contribution < 1.29 is 32.6 Å². The number of carboxylic acid groups (broad SMARTS) is 1. The molecule has 0 spiro atoms. The number of ether oxygens (including phenoxy) is 1. The third kappa shape index (κ3) is 6.85. The maximum Gasteiger partial charge on any atom is 0.416 e. The fourth-order valence-electron chi connectivity index (χ4n) is 3.80. The van der Waals surface area contributed by atoms with Crippen LogP contribution in [0, 0.1) is 6.92 Å². The molecule has 0 aromatic heterocycles. The van der Waals surface area contributed by atoms with Crippen molar-refractivity contribution in [2.24, 2.45) is 0 Å². The van der Waals surface area contributed by atoms with Gasteiger partial charge in [0.05, 0.1) is 12.0 Å². The molecule has 0 radical (unpaired) electrons. The average Bonchev–Trinajstić information content (AvgIpc) is 2.80. The second-order valence-corrected chi connectivity index (χ2v) is 8.16. The molecule has 35 heavy (non-hydrogen) atoms. The van der Waals surface area contributed by atoms with E-state index in [2.05, 4.69) is 0 Å². The van der Waals surface area contributed by atoms with Gasteiger partial charge in [0.25, 0.3) is 0 Å². The molecule has 0 saturated carbocycles. The molecule has 0 bridgehead atoms. The maximum atomic E-state index is 13.4. The average molecular weight is 486 g/mol. The number of hydrogen-bond donors (Lipinski definition) is 1. The number of hydrogen-bond acceptors (Lipinski definition) is 3. The van der Waals surface area contributed by atoms with Gasteiger partial charge in [-0.2, -0.15) is 13.2 Å². The number of carbonyl (C=O) groups excluding carboxylic acids is 1. The van der Waals surface area contributed by atoms with E-state index in [1.54, 1.807) is 6.07 Å². The lowest BCUT2D eigenvalue weighted by atomic mass is 9.93. The van der Waals surface area contributed by atoms with Crippen LogP contribution in [0.15, 0.2) is 66.7 Å². The summed E-state index contributed by atoms with van der Waals surface area (Å²) >= 11 is 0. The minimum Gasteiger partial charge on any atom is -0.481 e. The molecule has 3 aromatic carbocycles. The van der Waals surface area contributed by atoms with Gasteiger partial charge in [0.15, 0.2) is 0 Å². The summed E-state index contributed by atoms with van der Waals surface area (Å²) in [6.45, 7) is 4.34. The summed E-state index contributed by atoms with van der Waals surface area (Å²) in [5, 5.41) is 9.13. The van der Waals surface area contributed by atoms with Crippen molar-refractivity contribution in [2.45, 2.75) is 39.6 Å². The third-order valence-corrected chi connectivity index (χ3v) is 5.53. The first-order chi connectivity index (χ1) is 16.6. The molecule has 0 aliphatic heterocycles. The molecule has 0 aliphatic carbocycles. The third-order valence-electron chi connectivity index (χ3n) is 5.53. The first-order valence-electron chi connectivity index (χ1n) is 11.1. The topological polar surface area (TPSA) is 66.8 Å². The quantitative estimate of drug-likeness (QED) is 0.397. The molecule has 0 fully saturated rings. The number of rotatable bonds is 8. The molecular formula is C27H26F3NO4. The first-order valence-corrected chi connectivity index (χ1v) is 11.1. The van der Waals surface area contributed by atoms with E-state index in [1.807, 2.05) is 56.3 Å². The number of alkyl halides is 3. The van der Waals surface area contributed by atoms with Crippen molar-refractivity contribution in [3.05, 3.63) is 94.5 Å². The largest absolute Gasteiger partial charge is 0.481 e. The number of aliphatic carboxylic acids is 1. The minimum absolute atomic E-state index is 0.119. The highest BCUT2D eigenvalue weighted by Gasteiger charge is 2.34. The molecule has 0 aliphatic rings. The molecule has 0 atom stereocenters. The summed E-state index contributed by atoms with van der Waals surface area (Å²) in [5.41, 5.74) is 2.24. The molecule has 1 N–H and O–H groups in total. The zero-order valence-corrected chi connectivity index (χ0v) is 19.4. The highest BCUT2D eigenvalue weighted by Crippen LogP contribution is 2.36. The number of halogens is 3. The monoisotopic (exact) mass is 485 g/mol. The molecular weight excluding hydrogens is 459 g/mol. The van der Waals surface area contributed by atoms with Crippen LogP contribution in [0.1, 0.15) is 34.7 Å². The Labute approximate surface area is 201 Å². The highest BCUT2D eigenvalue weighted by molar-refractivity contribution is 5.75. The van der Waals surface area contributed by atoms with Gasteiger partial charge in [-0.15, -0.1) is 0 Å². The second kappa shape index (κ2) is 11.1. The van der Waals surface area contributed by atoms with Crippen molar-refractivity contribution >= 4 is 12.1 Å². The fraction of sp³-hybridized carbons (Fsp3) is 0.259. The lowest BCUT2D eigenvalue weighted by Crippen LogP contribution is -2.31. The Morgan fingerprint density at radius 1 is 0.971 bits per heavy atom. The van der Waals surface area contributed by atoms with Crippen molar-refractivity contribution in [1.29, 1.82) is 0 Å². The van der Waals surface area contributed by atoms with E-state index in [0.717, 1.165) is 17.2 Å². The van der Waals surface area contributed by atoms with Crippen LogP contribution in [-0.2, 0) is 35.3 Å². The fourth-order valence-corrected chi connectivity index (χ4v) is 3.80. The summed E-state index contributed by atoms with van der Waals surface area (Å²) < 4.78 is 45.7. The zero-order chi connectivity index (χ0) is 25.6. The van der Waals surface area contributed by atoms with Crippen molar-refractivity contribution in [3.8, 4) is 11.1 Å². The summed E-state index contributed by atoms with van der Waals surface area (Å²) in [5.74, 6) is -1.35. The normalized spacial score (nSPS) is 11.2. The van der Waals surface area contributed by atoms with Crippen LogP contribution < -0.4 is 0 Å². The lowest BCUT2D eigenvalue weighted by Gasteiger charge is -2.23. The Morgan fingerprint density at radius 3 is 2.31 bits per heavy atom. The lowest BCUT2D eigenvalue weighted by molar-refractivity contribution is -0.139. The SMILES string of the molecule is CCN(Cc1cc(C)ccc1-c1ccc(C(F)(F)F)c(CC(=O)O)c1)C(=O)OCc1ccccc1. The van der Waals surface area contributed by atoms with Gasteiger partial charge in [0.2, 0.25) is 0 Å². The smallest absolute Gasteiger partial charge is 0.416 e.